The Morgan fingerprint density at radius 3 is 3.08 bits per heavy atom. The standard InChI is InChI=1S/C18H25N3O3S/c22-12(10-24-13-4-2-1-3-5-13)9-21-11-20-17-16(18(21)23)14-6-7-19-8-15(14)25-17/h11-13,19,22H,1-10H2/t12-/m1/s1. The highest BCUT2D eigenvalue weighted by molar-refractivity contribution is 7.18. The maximum Gasteiger partial charge on any atom is 0.262 e. The van der Waals surface area contributed by atoms with Gasteiger partial charge in [0.15, 0.2) is 0 Å². The number of hydrogen-bond donors (Lipinski definition) is 2. The molecule has 0 saturated heterocycles. The molecule has 0 amide bonds. The maximum absolute atomic E-state index is 12.9. The average Bonchev–Trinajstić information content (AvgIpc) is 3.02. The molecule has 0 unspecified atom stereocenters. The van der Waals surface area contributed by atoms with E-state index < -0.39 is 6.10 Å². The molecule has 6 nitrogen and oxygen atoms in total. The summed E-state index contributed by atoms with van der Waals surface area (Å²) in [6, 6.07) is 0. The number of hydrogen-bond acceptors (Lipinski definition) is 6. The number of nitrogens with zero attached hydrogens (tertiary/aromatic N) is 2. The minimum atomic E-state index is -0.685. The van der Waals surface area contributed by atoms with Gasteiger partial charge in [0.25, 0.3) is 5.56 Å². The smallest absolute Gasteiger partial charge is 0.262 e. The molecule has 2 N–H and O–H groups in total. The highest BCUT2D eigenvalue weighted by Gasteiger charge is 2.21. The molecule has 1 fully saturated rings. The monoisotopic (exact) mass is 363 g/mol. The average molecular weight is 363 g/mol. The summed E-state index contributed by atoms with van der Waals surface area (Å²) in [5, 5.41) is 14.4. The van der Waals surface area contributed by atoms with E-state index in [4.69, 9.17) is 4.74 Å². The number of aliphatic hydroxyl groups excluding tert-OH is 1. The summed E-state index contributed by atoms with van der Waals surface area (Å²) in [6.07, 6.45) is 7.85. The second-order valence-corrected chi connectivity index (χ2v) is 8.14. The fourth-order valence-corrected chi connectivity index (χ4v) is 4.99. The van der Waals surface area contributed by atoms with E-state index in [1.54, 1.807) is 17.7 Å². The highest BCUT2D eigenvalue weighted by Crippen LogP contribution is 2.29. The van der Waals surface area contributed by atoms with Crippen molar-refractivity contribution in [1.29, 1.82) is 0 Å². The number of aliphatic hydroxyl groups is 1. The minimum Gasteiger partial charge on any atom is -0.389 e. The van der Waals surface area contributed by atoms with E-state index >= 15 is 0 Å². The first-order valence-electron chi connectivity index (χ1n) is 9.22. The predicted molar refractivity (Wildman–Crippen MR) is 98.1 cm³/mol. The summed E-state index contributed by atoms with van der Waals surface area (Å²) < 4.78 is 7.36. The second-order valence-electron chi connectivity index (χ2n) is 7.06. The first-order chi connectivity index (χ1) is 12.2. The largest absolute Gasteiger partial charge is 0.389 e. The first kappa shape index (κ1) is 17.1. The molecule has 1 atom stereocenters. The van der Waals surface area contributed by atoms with Gasteiger partial charge in [0.1, 0.15) is 4.83 Å². The van der Waals surface area contributed by atoms with E-state index in [0.29, 0.717) is 0 Å². The molecule has 0 bridgehead atoms. The molecule has 2 aromatic rings. The number of thiophene rings is 1. The van der Waals surface area contributed by atoms with Crippen molar-refractivity contribution in [1.82, 2.24) is 14.9 Å². The SMILES string of the molecule is O=c1c2c3c(sc2ncn1C[C@@H](O)COC1CCCCC1)CNCC3. The lowest BCUT2D eigenvalue weighted by molar-refractivity contribution is -0.0286. The summed E-state index contributed by atoms with van der Waals surface area (Å²) >= 11 is 1.60. The number of fused-ring (bicyclic) bond motifs is 3. The van der Waals surface area contributed by atoms with Crippen LogP contribution < -0.4 is 10.9 Å². The van der Waals surface area contributed by atoms with Gasteiger partial charge in [-0.1, -0.05) is 19.3 Å². The Kier molecular flexibility index (Phi) is 5.17. The molecular formula is C18H25N3O3S. The molecule has 0 aromatic carbocycles. The zero-order valence-electron chi connectivity index (χ0n) is 14.4. The van der Waals surface area contributed by atoms with E-state index in [1.165, 1.54) is 28.7 Å². The quantitative estimate of drug-likeness (QED) is 0.847. The van der Waals surface area contributed by atoms with Crippen molar-refractivity contribution in [2.45, 2.75) is 63.8 Å². The number of aromatic nitrogens is 2. The van der Waals surface area contributed by atoms with E-state index in [-0.39, 0.29) is 24.8 Å². The molecule has 2 aliphatic rings. The molecule has 4 rings (SSSR count). The lowest BCUT2D eigenvalue weighted by Crippen LogP contribution is -2.31. The topological polar surface area (TPSA) is 76.4 Å². The summed E-state index contributed by atoms with van der Waals surface area (Å²) in [4.78, 5) is 19.3. The summed E-state index contributed by atoms with van der Waals surface area (Å²) in [5.74, 6) is 0. The van der Waals surface area contributed by atoms with E-state index in [1.807, 2.05) is 0 Å². The van der Waals surface area contributed by atoms with Crippen molar-refractivity contribution >= 4 is 21.6 Å². The molecular weight excluding hydrogens is 338 g/mol. The summed E-state index contributed by atoms with van der Waals surface area (Å²) in [6.45, 7) is 2.22. The molecule has 1 saturated carbocycles. The normalized spacial score (nSPS) is 19.9. The van der Waals surface area contributed by atoms with Gasteiger partial charge in [0.2, 0.25) is 0 Å². The molecule has 3 heterocycles. The summed E-state index contributed by atoms with van der Waals surface area (Å²) in [5.41, 5.74) is 1.10. The Morgan fingerprint density at radius 2 is 2.24 bits per heavy atom. The van der Waals surface area contributed by atoms with Crippen LogP contribution >= 0.6 is 11.3 Å². The molecule has 136 valence electrons. The maximum atomic E-state index is 12.9. The van der Waals surface area contributed by atoms with Crippen molar-refractivity contribution in [2.24, 2.45) is 0 Å². The van der Waals surface area contributed by atoms with E-state index in [9.17, 15) is 9.90 Å². The third-order valence-electron chi connectivity index (χ3n) is 5.18. The van der Waals surface area contributed by atoms with Crippen molar-refractivity contribution in [3.8, 4) is 0 Å². The number of ether oxygens (including phenoxy) is 1. The molecule has 0 radical (unpaired) electrons. The molecule has 7 heteroatoms. The van der Waals surface area contributed by atoms with Crippen LogP contribution in [0.3, 0.4) is 0 Å². The van der Waals surface area contributed by atoms with Gasteiger partial charge in [-0.05, 0) is 31.4 Å². The van der Waals surface area contributed by atoms with Gasteiger partial charge >= 0.3 is 0 Å². The Balaban J connectivity index is 1.47. The van der Waals surface area contributed by atoms with Gasteiger partial charge < -0.3 is 15.2 Å². The molecule has 0 spiro atoms. The van der Waals surface area contributed by atoms with Gasteiger partial charge in [-0.3, -0.25) is 9.36 Å². The summed E-state index contributed by atoms with van der Waals surface area (Å²) in [7, 11) is 0. The Morgan fingerprint density at radius 1 is 1.40 bits per heavy atom. The van der Waals surface area contributed by atoms with E-state index in [2.05, 4.69) is 10.3 Å². The van der Waals surface area contributed by atoms with Crippen LogP contribution in [0.15, 0.2) is 11.1 Å². The van der Waals surface area contributed by atoms with Crippen molar-refractivity contribution in [2.75, 3.05) is 13.2 Å². The Hall–Kier alpha value is -1.28. The van der Waals surface area contributed by atoms with E-state index in [0.717, 1.165) is 48.1 Å². The minimum absolute atomic E-state index is 0.0406. The highest BCUT2D eigenvalue weighted by atomic mass is 32.1. The third-order valence-corrected chi connectivity index (χ3v) is 6.32. The fraction of sp³-hybridized carbons (Fsp3) is 0.667. The molecule has 2 aromatic heterocycles. The number of nitrogens with one attached hydrogen (secondary N) is 1. The zero-order chi connectivity index (χ0) is 17.2. The molecule has 25 heavy (non-hydrogen) atoms. The number of rotatable bonds is 5. The Labute approximate surface area is 150 Å². The fourth-order valence-electron chi connectivity index (χ4n) is 3.84. The van der Waals surface area contributed by atoms with Crippen LogP contribution in [0.5, 0.6) is 0 Å². The van der Waals surface area contributed by atoms with Gasteiger partial charge in [0.05, 0.1) is 37.1 Å². The van der Waals surface area contributed by atoms with Gasteiger partial charge in [0, 0.05) is 11.4 Å². The first-order valence-corrected chi connectivity index (χ1v) is 10.0. The van der Waals surface area contributed by atoms with Crippen LogP contribution in [0, 0.1) is 0 Å². The van der Waals surface area contributed by atoms with Crippen LogP contribution in [0.2, 0.25) is 0 Å². The van der Waals surface area contributed by atoms with Crippen molar-refractivity contribution in [3.05, 3.63) is 27.1 Å². The Bertz CT molecular complexity index is 795. The van der Waals surface area contributed by atoms with Crippen LogP contribution in [0.4, 0.5) is 0 Å². The molecule has 1 aliphatic carbocycles. The third kappa shape index (κ3) is 3.65. The van der Waals surface area contributed by atoms with Crippen LogP contribution in [-0.4, -0.2) is 40.0 Å². The van der Waals surface area contributed by atoms with Crippen molar-refractivity contribution in [3.63, 3.8) is 0 Å². The lowest BCUT2D eigenvalue weighted by Gasteiger charge is -2.23. The van der Waals surface area contributed by atoms with Crippen LogP contribution in [0.25, 0.3) is 10.2 Å². The second kappa shape index (κ2) is 7.53. The van der Waals surface area contributed by atoms with Gasteiger partial charge in [-0.25, -0.2) is 4.98 Å². The zero-order valence-corrected chi connectivity index (χ0v) is 15.2. The van der Waals surface area contributed by atoms with Crippen LogP contribution in [0.1, 0.15) is 42.5 Å². The van der Waals surface area contributed by atoms with Gasteiger partial charge in [-0.2, -0.15) is 0 Å². The van der Waals surface area contributed by atoms with Crippen LogP contribution in [-0.2, 0) is 24.2 Å². The van der Waals surface area contributed by atoms with Gasteiger partial charge in [-0.15, -0.1) is 11.3 Å². The lowest BCUT2D eigenvalue weighted by atomic mass is 9.98. The predicted octanol–water partition coefficient (Wildman–Crippen LogP) is 1.81. The molecule has 1 aliphatic heterocycles. The van der Waals surface area contributed by atoms with Crippen molar-refractivity contribution < 1.29 is 9.84 Å².